The smallest absolute Gasteiger partial charge is 0.217 e. The lowest BCUT2D eigenvalue weighted by atomic mass is 10.1. The van der Waals surface area contributed by atoms with Crippen LogP contribution in [0, 0.1) is 11.3 Å². The molecular formula is C24H27N5O2. The Morgan fingerprint density at radius 3 is 2.74 bits per heavy atom. The van der Waals surface area contributed by atoms with E-state index >= 15 is 0 Å². The zero-order valence-electron chi connectivity index (χ0n) is 17.8. The molecule has 2 N–H and O–H groups in total. The van der Waals surface area contributed by atoms with Crippen LogP contribution in [0.15, 0.2) is 42.6 Å². The molecule has 4 rings (SSSR count). The maximum absolute atomic E-state index is 9.35. The Morgan fingerprint density at radius 2 is 2.03 bits per heavy atom. The summed E-state index contributed by atoms with van der Waals surface area (Å²) in [7, 11) is 1.84. The predicted molar refractivity (Wildman–Crippen MR) is 117 cm³/mol. The Morgan fingerprint density at radius 1 is 1.19 bits per heavy atom. The summed E-state index contributed by atoms with van der Waals surface area (Å²) >= 11 is 0. The van der Waals surface area contributed by atoms with Gasteiger partial charge >= 0.3 is 0 Å². The van der Waals surface area contributed by atoms with Crippen molar-refractivity contribution in [2.75, 3.05) is 6.54 Å². The molecule has 1 fully saturated rings. The van der Waals surface area contributed by atoms with Crippen LogP contribution in [0.1, 0.15) is 42.5 Å². The third kappa shape index (κ3) is 5.10. The topological polar surface area (TPSA) is 99.0 Å². The van der Waals surface area contributed by atoms with Gasteiger partial charge in [-0.1, -0.05) is 18.9 Å². The van der Waals surface area contributed by atoms with Crippen LogP contribution < -0.4 is 10.5 Å². The lowest BCUT2D eigenvalue weighted by Gasteiger charge is -2.11. The molecule has 0 bridgehead atoms. The zero-order valence-corrected chi connectivity index (χ0v) is 17.8. The van der Waals surface area contributed by atoms with E-state index in [9.17, 15) is 5.26 Å². The predicted octanol–water partition coefficient (Wildman–Crippen LogP) is 4.11. The third-order valence-corrected chi connectivity index (χ3v) is 5.52. The molecule has 0 aliphatic heterocycles. The number of ether oxygens (including phenoxy) is 2. The van der Waals surface area contributed by atoms with E-state index < -0.39 is 0 Å². The van der Waals surface area contributed by atoms with Crippen LogP contribution in [0.25, 0.3) is 11.3 Å². The molecule has 7 nitrogen and oxygen atoms in total. The summed E-state index contributed by atoms with van der Waals surface area (Å²) in [5.41, 5.74) is 9.64. The van der Waals surface area contributed by atoms with Gasteiger partial charge in [0.15, 0.2) is 0 Å². The van der Waals surface area contributed by atoms with Gasteiger partial charge in [-0.3, -0.25) is 4.98 Å². The molecule has 0 spiro atoms. The summed E-state index contributed by atoms with van der Waals surface area (Å²) in [6.07, 6.45) is 7.66. The molecule has 0 amide bonds. The van der Waals surface area contributed by atoms with Gasteiger partial charge in [-0.15, -0.1) is 0 Å². The van der Waals surface area contributed by atoms with E-state index in [0.717, 1.165) is 41.8 Å². The Bertz CT molecular complexity index is 1060. The van der Waals surface area contributed by atoms with Gasteiger partial charge in [-0.2, -0.15) is 10.4 Å². The number of nitrogens with two attached hydrogens (primary N) is 1. The van der Waals surface area contributed by atoms with Gasteiger partial charge in [-0.05, 0) is 55.6 Å². The first-order valence-electron chi connectivity index (χ1n) is 10.7. The van der Waals surface area contributed by atoms with Gasteiger partial charge < -0.3 is 15.2 Å². The molecule has 1 aromatic carbocycles. The molecule has 3 aromatic rings. The first-order valence-corrected chi connectivity index (χ1v) is 10.7. The van der Waals surface area contributed by atoms with Crippen molar-refractivity contribution >= 4 is 0 Å². The lowest BCUT2D eigenvalue weighted by molar-refractivity contribution is 0.0435. The monoisotopic (exact) mass is 417 g/mol. The van der Waals surface area contributed by atoms with E-state index in [4.69, 9.17) is 15.2 Å². The molecule has 0 saturated heterocycles. The quantitative estimate of drug-likeness (QED) is 0.592. The number of hydrogen-bond acceptors (Lipinski definition) is 6. The molecule has 2 heterocycles. The normalized spacial score (nSPS) is 14.0. The number of rotatable bonds is 8. The molecule has 1 aliphatic rings. The molecule has 2 aromatic heterocycles. The first-order chi connectivity index (χ1) is 15.2. The minimum atomic E-state index is 0.332. The fourth-order valence-corrected chi connectivity index (χ4v) is 3.83. The van der Waals surface area contributed by atoms with Crippen molar-refractivity contribution in [3.63, 3.8) is 0 Å². The summed E-state index contributed by atoms with van der Waals surface area (Å²) in [4.78, 5) is 4.57. The van der Waals surface area contributed by atoms with E-state index in [1.807, 2.05) is 37.5 Å². The van der Waals surface area contributed by atoms with Gasteiger partial charge in [0.05, 0.1) is 35.7 Å². The van der Waals surface area contributed by atoms with E-state index in [1.165, 1.54) is 12.8 Å². The van der Waals surface area contributed by atoms with E-state index in [2.05, 4.69) is 16.2 Å². The van der Waals surface area contributed by atoms with Crippen molar-refractivity contribution in [1.29, 1.82) is 5.26 Å². The summed E-state index contributed by atoms with van der Waals surface area (Å²) in [5.74, 6) is 1.14. The second-order valence-electron chi connectivity index (χ2n) is 7.83. The van der Waals surface area contributed by atoms with Crippen molar-refractivity contribution < 1.29 is 9.47 Å². The molecular weight excluding hydrogens is 390 g/mol. The van der Waals surface area contributed by atoms with Gasteiger partial charge in [0, 0.05) is 24.9 Å². The van der Waals surface area contributed by atoms with Crippen molar-refractivity contribution in [2.45, 2.75) is 44.8 Å². The number of hydrogen-bond donors (Lipinski definition) is 1. The Labute approximate surface area is 182 Å². The summed E-state index contributed by atoms with van der Waals surface area (Å²) in [6, 6.07) is 13.4. The van der Waals surface area contributed by atoms with Gasteiger partial charge in [0.2, 0.25) is 5.88 Å². The third-order valence-electron chi connectivity index (χ3n) is 5.52. The molecule has 7 heteroatoms. The zero-order chi connectivity index (χ0) is 21.6. The Hall–Kier alpha value is -3.21. The molecule has 0 radical (unpaired) electrons. The second-order valence-corrected chi connectivity index (χ2v) is 7.83. The van der Waals surface area contributed by atoms with E-state index in [0.29, 0.717) is 36.4 Å². The summed E-state index contributed by atoms with van der Waals surface area (Å²) in [6.45, 7) is 1.05. The number of aromatic nitrogens is 3. The Balaban J connectivity index is 1.56. The van der Waals surface area contributed by atoms with Gasteiger partial charge in [-0.25, -0.2) is 4.68 Å². The van der Waals surface area contributed by atoms with E-state index in [-0.39, 0.29) is 0 Å². The highest BCUT2D eigenvalue weighted by atomic mass is 16.5. The van der Waals surface area contributed by atoms with Crippen molar-refractivity contribution in [3.8, 4) is 29.0 Å². The molecule has 160 valence electrons. The number of nitriles is 1. The molecule has 0 atom stereocenters. The number of benzene rings is 1. The van der Waals surface area contributed by atoms with Crippen LogP contribution in [0.4, 0.5) is 0 Å². The van der Waals surface area contributed by atoms with Crippen molar-refractivity contribution in [2.24, 2.45) is 12.8 Å². The van der Waals surface area contributed by atoms with Crippen LogP contribution in [0.3, 0.4) is 0 Å². The highest BCUT2D eigenvalue weighted by Gasteiger charge is 2.17. The lowest BCUT2D eigenvalue weighted by Crippen LogP contribution is -2.07. The summed E-state index contributed by atoms with van der Waals surface area (Å²) in [5, 5.41) is 13.9. The number of pyridine rings is 1. The summed E-state index contributed by atoms with van der Waals surface area (Å²) < 4.78 is 13.9. The van der Waals surface area contributed by atoms with Gasteiger partial charge in [0.1, 0.15) is 5.75 Å². The fraction of sp³-hybridized carbons (Fsp3) is 0.375. The van der Waals surface area contributed by atoms with E-state index in [1.54, 1.807) is 16.8 Å². The second kappa shape index (κ2) is 9.73. The molecule has 31 heavy (non-hydrogen) atoms. The fourth-order valence-electron chi connectivity index (χ4n) is 3.83. The minimum absolute atomic E-state index is 0.332. The average Bonchev–Trinajstić information content (AvgIpc) is 3.43. The number of nitrogens with zero attached hydrogens (tertiary/aromatic N) is 4. The van der Waals surface area contributed by atoms with Crippen LogP contribution in [0.2, 0.25) is 0 Å². The Kier molecular flexibility index (Phi) is 6.60. The molecule has 1 aliphatic carbocycles. The van der Waals surface area contributed by atoms with Crippen LogP contribution in [0.5, 0.6) is 11.6 Å². The van der Waals surface area contributed by atoms with Crippen molar-refractivity contribution in [3.05, 3.63) is 59.4 Å². The highest BCUT2D eigenvalue weighted by Crippen LogP contribution is 2.34. The first kappa shape index (κ1) is 21.0. The largest absolute Gasteiger partial charge is 0.439 e. The maximum Gasteiger partial charge on any atom is 0.217 e. The SMILES string of the molecule is Cn1nc(COC2CCCC2)cc1Oc1cc(C#N)ccc1-c1ccc(CCN)cn1. The average molecular weight is 418 g/mol. The highest BCUT2D eigenvalue weighted by molar-refractivity contribution is 5.69. The van der Waals surface area contributed by atoms with Crippen molar-refractivity contribution in [1.82, 2.24) is 14.8 Å². The van der Waals surface area contributed by atoms with Gasteiger partial charge in [0.25, 0.3) is 0 Å². The number of aryl methyl sites for hydroxylation is 1. The minimum Gasteiger partial charge on any atom is -0.439 e. The van der Waals surface area contributed by atoms with Crippen LogP contribution in [-0.4, -0.2) is 27.4 Å². The maximum atomic E-state index is 9.35. The standard InChI is InChI=1S/C24H27N5O2/c1-29-24(13-19(28-29)16-30-20-4-2-3-5-20)31-23-12-18(14-26)6-8-21(23)22-9-7-17(10-11-25)15-27-22/h6-9,12-13,15,20H,2-5,10-11,16,25H2,1H3. The van der Waals surface area contributed by atoms with Crippen LogP contribution in [-0.2, 0) is 24.8 Å². The van der Waals surface area contributed by atoms with Crippen LogP contribution >= 0.6 is 0 Å². The molecule has 1 saturated carbocycles. The molecule has 0 unspecified atom stereocenters.